The van der Waals surface area contributed by atoms with Crippen LogP contribution in [0.3, 0.4) is 0 Å². The molecule has 3 N–H and O–H groups in total. The van der Waals surface area contributed by atoms with Crippen molar-refractivity contribution in [1.29, 1.82) is 0 Å². The zero-order valence-electron chi connectivity index (χ0n) is 23.1. The second-order valence-corrected chi connectivity index (χ2v) is 10.7. The molecule has 5 aromatic rings. The minimum atomic E-state index is -0.658. The SMILES string of the molecule is CC(C)c1cc(C(N)=O)ccc1-c1nc(-c2cccc3nn(C[C@H](O)c4ccccc4)cc23)c(C(C)C)n1C. The Bertz CT molecular complexity index is 1650. The van der Waals surface area contributed by atoms with Gasteiger partial charge in [0, 0.05) is 41.0 Å². The highest BCUT2D eigenvalue weighted by atomic mass is 16.3. The number of imidazole rings is 1. The van der Waals surface area contributed by atoms with Gasteiger partial charge in [0.25, 0.3) is 0 Å². The number of benzene rings is 3. The van der Waals surface area contributed by atoms with Gasteiger partial charge in [0.1, 0.15) is 5.82 Å². The number of aromatic nitrogens is 4. The fourth-order valence-corrected chi connectivity index (χ4v) is 5.36. The molecule has 7 heteroatoms. The quantitative estimate of drug-likeness (QED) is 0.255. The van der Waals surface area contributed by atoms with Gasteiger partial charge >= 0.3 is 0 Å². The van der Waals surface area contributed by atoms with Crippen LogP contribution in [0.5, 0.6) is 0 Å². The number of carbonyl (C=O) groups excluding carboxylic acids is 1. The Balaban J connectivity index is 1.63. The molecular formula is C32H35N5O2. The summed E-state index contributed by atoms with van der Waals surface area (Å²) in [4.78, 5) is 17.1. The maximum absolute atomic E-state index is 11.9. The number of hydrogen-bond donors (Lipinski definition) is 2. The second kappa shape index (κ2) is 10.5. The number of nitrogens with two attached hydrogens (primary N) is 1. The predicted molar refractivity (Wildman–Crippen MR) is 155 cm³/mol. The van der Waals surface area contributed by atoms with Crippen molar-refractivity contribution in [1.82, 2.24) is 19.3 Å². The lowest BCUT2D eigenvalue weighted by Gasteiger charge is -2.15. The standard InChI is InChI=1S/C32H35N5O2/c1-19(2)25-16-22(31(33)39)14-15-24(25)32-34-29(30(20(3)4)36(32)5)23-12-9-13-27-26(23)17-37(35-27)18-28(38)21-10-7-6-8-11-21/h6-17,19-20,28,38H,18H2,1-5H3,(H2,33,39)/t28-/m0/s1. The first-order valence-electron chi connectivity index (χ1n) is 13.4. The molecule has 200 valence electrons. The average Bonchev–Trinajstić information content (AvgIpc) is 3.48. The van der Waals surface area contributed by atoms with Gasteiger partial charge in [-0.3, -0.25) is 9.48 Å². The van der Waals surface area contributed by atoms with Gasteiger partial charge in [0.05, 0.1) is 23.9 Å². The Morgan fingerprint density at radius 2 is 1.69 bits per heavy atom. The molecule has 2 heterocycles. The zero-order valence-corrected chi connectivity index (χ0v) is 23.1. The summed E-state index contributed by atoms with van der Waals surface area (Å²) in [5.41, 5.74) is 12.8. The molecule has 0 unspecified atom stereocenters. The molecule has 7 nitrogen and oxygen atoms in total. The van der Waals surface area contributed by atoms with E-state index in [1.807, 2.05) is 72.5 Å². The van der Waals surface area contributed by atoms with Gasteiger partial charge < -0.3 is 15.4 Å². The second-order valence-electron chi connectivity index (χ2n) is 10.7. The van der Waals surface area contributed by atoms with Crippen molar-refractivity contribution in [2.45, 2.75) is 52.2 Å². The number of primary amides is 1. The van der Waals surface area contributed by atoms with Crippen LogP contribution >= 0.6 is 0 Å². The van der Waals surface area contributed by atoms with Gasteiger partial charge in [0.2, 0.25) is 5.91 Å². The molecule has 1 amide bonds. The van der Waals surface area contributed by atoms with E-state index in [0.29, 0.717) is 12.1 Å². The van der Waals surface area contributed by atoms with E-state index in [9.17, 15) is 9.90 Å². The van der Waals surface area contributed by atoms with Crippen LogP contribution in [-0.4, -0.2) is 30.3 Å². The maximum atomic E-state index is 11.9. The van der Waals surface area contributed by atoms with Crippen LogP contribution in [0.15, 0.2) is 72.9 Å². The zero-order chi connectivity index (χ0) is 27.8. The molecule has 0 saturated carbocycles. The van der Waals surface area contributed by atoms with E-state index in [4.69, 9.17) is 15.8 Å². The number of aliphatic hydroxyl groups is 1. The summed E-state index contributed by atoms with van der Waals surface area (Å²) in [7, 11) is 2.05. The first-order valence-corrected chi connectivity index (χ1v) is 13.4. The third-order valence-electron chi connectivity index (χ3n) is 7.28. The summed E-state index contributed by atoms with van der Waals surface area (Å²) in [5.74, 6) is 0.800. The van der Waals surface area contributed by atoms with E-state index in [-0.39, 0.29) is 11.8 Å². The highest BCUT2D eigenvalue weighted by Gasteiger charge is 2.24. The fourth-order valence-electron chi connectivity index (χ4n) is 5.36. The lowest BCUT2D eigenvalue weighted by Crippen LogP contribution is -2.12. The maximum Gasteiger partial charge on any atom is 0.248 e. The number of amides is 1. The molecule has 0 aliphatic rings. The topological polar surface area (TPSA) is 99.0 Å². The predicted octanol–water partition coefficient (Wildman–Crippen LogP) is 6.18. The monoisotopic (exact) mass is 521 g/mol. The molecule has 39 heavy (non-hydrogen) atoms. The summed E-state index contributed by atoms with van der Waals surface area (Å²) >= 11 is 0. The molecule has 0 aliphatic carbocycles. The van der Waals surface area contributed by atoms with Crippen LogP contribution in [0.2, 0.25) is 0 Å². The van der Waals surface area contributed by atoms with Crippen molar-refractivity contribution >= 4 is 16.8 Å². The van der Waals surface area contributed by atoms with Gasteiger partial charge in [-0.25, -0.2) is 4.98 Å². The third kappa shape index (κ3) is 4.98. The summed E-state index contributed by atoms with van der Waals surface area (Å²) < 4.78 is 3.97. The Morgan fingerprint density at radius 1 is 0.949 bits per heavy atom. The van der Waals surface area contributed by atoms with E-state index in [2.05, 4.69) is 38.3 Å². The van der Waals surface area contributed by atoms with E-state index in [1.54, 1.807) is 6.07 Å². The van der Waals surface area contributed by atoms with E-state index >= 15 is 0 Å². The Morgan fingerprint density at radius 3 is 2.36 bits per heavy atom. The number of hydrogen-bond acceptors (Lipinski definition) is 4. The number of rotatable bonds is 8. The Hall–Kier alpha value is -4.23. The minimum Gasteiger partial charge on any atom is -0.386 e. The molecule has 0 aliphatic heterocycles. The molecule has 1 atom stereocenters. The van der Waals surface area contributed by atoms with Crippen molar-refractivity contribution in [3.05, 3.63) is 95.3 Å². The van der Waals surface area contributed by atoms with Crippen molar-refractivity contribution in [2.75, 3.05) is 0 Å². The lowest BCUT2D eigenvalue weighted by molar-refractivity contribution is 0.1000. The largest absolute Gasteiger partial charge is 0.386 e. The molecule has 0 saturated heterocycles. The Kier molecular flexibility index (Phi) is 7.10. The molecule has 3 aromatic carbocycles. The van der Waals surface area contributed by atoms with Crippen LogP contribution in [0.4, 0.5) is 0 Å². The number of nitrogens with zero attached hydrogens (tertiary/aromatic N) is 4. The molecule has 2 aromatic heterocycles. The molecule has 0 spiro atoms. The van der Waals surface area contributed by atoms with Crippen molar-refractivity contribution in [3.8, 4) is 22.6 Å². The lowest BCUT2D eigenvalue weighted by atomic mass is 9.94. The molecule has 5 rings (SSSR count). The summed E-state index contributed by atoms with van der Waals surface area (Å²) in [6, 6.07) is 21.3. The van der Waals surface area contributed by atoms with Crippen LogP contribution in [0, 0.1) is 0 Å². The van der Waals surface area contributed by atoms with Crippen LogP contribution in [0.1, 0.15) is 72.8 Å². The third-order valence-corrected chi connectivity index (χ3v) is 7.28. The van der Waals surface area contributed by atoms with Crippen LogP contribution in [0.25, 0.3) is 33.5 Å². The normalized spacial score (nSPS) is 12.5. The highest BCUT2D eigenvalue weighted by molar-refractivity contribution is 5.95. The summed E-state index contributed by atoms with van der Waals surface area (Å²) in [5, 5.41) is 16.5. The van der Waals surface area contributed by atoms with Crippen molar-refractivity contribution in [2.24, 2.45) is 12.8 Å². The van der Waals surface area contributed by atoms with Crippen molar-refractivity contribution < 1.29 is 9.90 Å². The van der Waals surface area contributed by atoms with E-state index < -0.39 is 12.0 Å². The fraction of sp³-hybridized carbons (Fsp3) is 0.281. The number of fused-ring (bicyclic) bond motifs is 1. The molecule has 0 bridgehead atoms. The molecule has 0 radical (unpaired) electrons. The van der Waals surface area contributed by atoms with Gasteiger partial charge in [-0.15, -0.1) is 0 Å². The summed E-state index contributed by atoms with van der Waals surface area (Å²) in [6.07, 6.45) is 1.34. The first kappa shape index (κ1) is 26.4. The molecular weight excluding hydrogens is 486 g/mol. The summed E-state index contributed by atoms with van der Waals surface area (Å²) in [6.45, 7) is 8.91. The van der Waals surface area contributed by atoms with Crippen LogP contribution in [-0.2, 0) is 13.6 Å². The number of aliphatic hydroxyl groups excluding tert-OH is 1. The van der Waals surface area contributed by atoms with Gasteiger partial charge in [0.15, 0.2) is 0 Å². The minimum absolute atomic E-state index is 0.180. The van der Waals surface area contributed by atoms with Gasteiger partial charge in [-0.1, -0.05) is 76.2 Å². The van der Waals surface area contributed by atoms with Crippen LogP contribution < -0.4 is 5.73 Å². The highest BCUT2D eigenvalue weighted by Crippen LogP contribution is 2.38. The average molecular weight is 522 g/mol. The molecule has 0 fully saturated rings. The van der Waals surface area contributed by atoms with E-state index in [1.165, 1.54) is 0 Å². The van der Waals surface area contributed by atoms with E-state index in [0.717, 1.165) is 50.4 Å². The smallest absolute Gasteiger partial charge is 0.248 e. The van der Waals surface area contributed by atoms with Gasteiger partial charge in [-0.05, 0) is 41.2 Å². The number of carbonyl (C=O) groups is 1. The van der Waals surface area contributed by atoms with Gasteiger partial charge in [-0.2, -0.15) is 5.10 Å². The Labute approximate surface area is 228 Å². The first-order chi connectivity index (χ1) is 18.7. The van der Waals surface area contributed by atoms with Crippen molar-refractivity contribution in [3.63, 3.8) is 0 Å².